The zero-order valence-electron chi connectivity index (χ0n) is 11.0. The lowest BCUT2D eigenvalue weighted by Crippen LogP contribution is -2.17. The topological polar surface area (TPSA) is 68.0 Å². The van der Waals surface area contributed by atoms with E-state index in [-0.39, 0.29) is 5.56 Å². The average molecular weight is 295 g/mol. The van der Waals surface area contributed by atoms with Gasteiger partial charge in [-0.25, -0.2) is 0 Å². The van der Waals surface area contributed by atoms with E-state index in [1.54, 1.807) is 13.0 Å². The van der Waals surface area contributed by atoms with Crippen molar-refractivity contribution in [2.75, 3.05) is 11.1 Å². The lowest BCUT2D eigenvalue weighted by Gasteiger charge is -2.13. The Bertz CT molecular complexity index is 683. The van der Waals surface area contributed by atoms with Gasteiger partial charge in [0.1, 0.15) is 0 Å². The van der Waals surface area contributed by atoms with Crippen LogP contribution in [0.4, 0.5) is 24.5 Å². The van der Waals surface area contributed by atoms with Gasteiger partial charge in [0.2, 0.25) is 0 Å². The molecule has 110 valence electrons. The maximum Gasteiger partial charge on any atom is 0.418 e. The van der Waals surface area contributed by atoms with Crippen molar-refractivity contribution in [1.29, 1.82) is 0 Å². The van der Waals surface area contributed by atoms with Crippen LogP contribution in [0.3, 0.4) is 0 Å². The summed E-state index contributed by atoms with van der Waals surface area (Å²) in [5.74, 6) is -0.704. The number of nitrogens with one attached hydrogen (secondary N) is 1. The number of hydrogen-bond donors (Lipinski definition) is 2. The molecular weight excluding hydrogens is 283 g/mol. The molecule has 0 saturated carbocycles. The molecule has 0 saturated heterocycles. The van der Waals surface area contributed by atoms with E-state index < -0.39 is 23.3 Å². The number of para-hydroxylation sites is 1. The highest BCUT2D eigenvalue weighted by molar-refractivity contribution is 6.08. The van der Waals surface area contributed by atoms with Crippen LogP contribution in [0.2, 0.25) is 0 Å². The number of nitrogens with two attached hydrogens (primary N) is 1. The van der Waals surface area contributed by atoms with Gasteiger partial charge in [0, 0.05) is 17.6 Å². The number of nitrogen functional groups attached to an aromatic ring is 1. The van der Waals surface area contributed by atoms with Gasteiger partial charge in [0.25, 0.3) is 5.91 Å². The summed E-state index contributed by atoms with van der Waals surface area (Å²) in [6.45, 7) is 1.73. The Morgan fingerprint density at radius 2 is 2.00 bits per heavy atom. The van der Waals surface area contributed by atoms with Crippen LogP contribution in [-0.4, -0.2) is 10.9 Å². The first-order valence-electron chi connectivity index (χ1n) is 5.98. The molecule has 0 atom stereocenters. The third-order valence-electron chi connectivity index (χ3n) is 2.81. The van der Waals surface area contributed by atoms with Gasteiger partial charge in [-0.15, -0.1) is 0 Å². The van der Waals surface area contributed by atoms with E-state index in [9.17, 15) is 18.0 Å². The zero-order chi connectivity index (χ0) is 15.6. The maximum absolute atomic E-state index is 12.8. The van der Waals surface area contributed by atoms with Gasteiger partial charge in [0.15, 0.2) is 0 Å². The van der Waals surface area contributed by atoms with E-state index in [1.165, 1.54) is 18.3 Å². The lowest BCUT2D eigenvalue weighted by atomic mass is 10.1. The molecule has 3 N–H and O–H groups in total. The van der Waals surface area contributed by atoms with Crippen molar-refractivity contribution in [3.05, 3.63) is 53.3 Å². The summed E-state index contributed by atoms with van der Waals surface area (Å²) < 4.78 is 38.3. The molecule has 2 rings (SSSR count). The van der Waals surface area contributed by atoms with Crippen LogP contribution in [0.25, 0.3) is 0 Å². The van der Waals surface area contributed by atoms with Crippen LogP contribution in [0.1, 0.15) is 21.6 Å². The third-order valence-corrected chi connectivity index (χ3v) is 2.81. The molecule has 0 aliphatic carbocycles. The molecule has 1 aromatic heterocycles. The first-order chi connectivity index (χ1) is 9.79. The molecule has 7 heteroatoms. The van der Waals surface area contributed by atoms with E-state index in [1.807, 2.05) is 0 Å². The SMILES string of the molecule is Cc1cc(NC(=O)c2cccc(C(F)(F)F)c2N)ccn1. The molecule has 0 radical (unpaired) electrons. The van der Waals surface area contributed by atoms with Crippen molar-refractivity contribution in [3.63, 3.8) is 0 Å². The summed E-state index contributed by atoms with van der Waals surface area (Å²) in [4.78, 5) is 16.0. The van der Waals surface area contributed by atoms with Crippen LogP contribution < -0.4 is 11.1 Å². The number of amides is 1. The van der Waals surface area contributed by atoms with Crippen molar-refractivity contribution in [3.8, 4) is 0 Å². The Labute approximate surface area is 118 Å². The summed E-state index contributed by atoms with van der Waals surface area (Å²) in [5.41, 5.74) is 4.73. The molecular formula is C14H12F3N3O. The minimum atomic E-state index is -4.60. The molecule has 1 amide bonds. The van der Waals surface area contributed by atoms with Gasteiger partial charge in [0.05, 0.1) is 16.8 Å². The van der Waals surface area contributed by atoms with Crippen molar-refractivity contribution in [1.82, 2.24) is 4.98 Å². The third kappa shape index (κ3) is 3.31. The van der Waals surface area contributed by atoms with E-state index in [0.29, 0.717) is 11.4 Å². The van der Waals surface area contributed by atoms with Gasteiger partial charge in [-0.1, -0.05) is 6.07 Å². The largest absolute Gasteiger partial charge is 0.418 e. The van der Waals surface area contributed by atoms with Crippen molar-refractivity contribution < 1.29 is 18.0 Å². The minimum absolute atomic E-state index is 0.223. The molecule has 0 fully saturated rings. The van der Waals surface area contributed by atoms with Crippen molar-refractivity contribution in [2.24, 2.45) is 0 Å². The predicted molar refractivity (Wildman–Crippen MR) is 72.8 cm³/mol. The Morgan fingerprint density at radius 1 is 1.29 bits per heavy atom. The standard InChI is InChI=1S/C14H12F3N3O/c1-8-7-9(5-6-19-8)20-13(21)10-3-2-4-11(12(10)18)14(15,16)17/h2-7H,18H2,1H3,(H,19,20,21). The number of aromatic nitrogens is 1. The van der Waals surface area contributed by atoms with Crippen LogP contribution >= 0.6 is 0 Å². The summed E-state index contributed by atoms with van der Waals surface area (Å²) >= 11 is 0. The molecule has 2 aromatic rings. The maximum atomic E-state index is 12.8. The Kier molecular flexibility index (Phi) is 3.84. The Morgan fingerprint density at radius 3 is 2.62 bits per heavy atom. The number of aryl methyl sites for hydroxylation is 1. The van der Waals surface area contributed by atoms with Gasteiger partial charge in [-0.2, -0.15) is 13.2 Å². The lowest BCUT2D eigenvalue weighted by molar-refractivity contribution is -0.136. The smallest absolute Gasteiger partial charge is 0.398 e. The molecule has 21 heavy (non-hydrogen) atoms. The number of alkyl halides is 3. The van der Waals surface area contributed by atoms with Crippen LogP contribution in [0.15, 0.2) is 36.5 Å². The first-order valence-corrected chi connectivity index (χ1v) is 5.98. The highest BCUT2D eigenvalue weighted by Crippen LogP contribution is 2.35. The fraction of sp³-hybridized carbons (Fsp3) is 0.143. The molecule has 1 aromatic carbocycles. The molecule has 0 aliphatic rings. The zero-order valence-corrected chi connectivity index (χ0v) is 11.0. The predicted octanol–water partition coefficient (Wildman–Crippen LogP) is 3.24. The Hall–Kier alpha value is -2.57. The molecule has 0 spiro atoms. The number of nitrogens with zero attached hydrogens (tertiary/aromatic N) is 1. The van der Waals surface area contributed by atoms with Crippen molar-refractivity contribution in [2.45, 2.75) is 13.1 Å². The highest BCUT2D eigenvalue weighted by atomic mass is 19.4. The summed E-state index contributed by atoms with van der Waals surface area (Å²) in [6.07, 6.45) is -3.12. The van der Waals surface area contributed by atoms with E-state index >= 15 is 0 Å². The first kappa shape index (κ1) is 14.8. The highest BCUT2D eigenvalue weighted by Gasteiger charge is 2.34. The quantitative estimate of drug-likeness (QED) is 0.836. The van der Waals surface area contributed by atoms with E-state index in [4.69, 9.17) is 5.73 Å². The molecule has 1 heterocycles. The van der Waals surface area contributed by atoms with Gasteiger partial charge in [-0.05, 0) is 31.2 Å². The fourth-order valence-corrected chi connectivity index (χ4v) is 1.83. The van der Waals surface area contributed by atoms with E-state index in [2.05, 4.69) is 10.3 Å². The number of hydrogen-bond acceptors (Lipinski definition) is 3. The van der Waals surface area contributed by atoms with Gasteiger partial charge < -0.3 is 11.1 Å². The molecule has 0 aliphatic heterocycles. The number of benzene rings is 1. The number of carbonyl (C=O) groups is 1. The van der Waals surface area contributed by atoms with Crippen LogP contribution in [-0.2, 0) is 6.18 Å². The van der Waals surface area contributed by atoms with Gasteiger partial charge in [-0.3, -0.25) is 9.78 Å². The van der Waals surface area contributed by atoms with Crippen LogP contribution in [0.5, 0.6) is 0 Å². The van der Waals surface area contributed by atoms with Gasteiger partial charge >= 0.3 is 6.18 Å². The fourth-order valence-electron chi connectivity index (χ4n) is 1.83. The summed E-state index contributed by atoms with van der Waals surface area (Å²) in [7, 11) is 0. The minimum Gasteiger partial charge on any atom is -0.398 e. The summed E-state index contributed by atoms with van der Waals surface area (Å²) in [6, 6.07) is 6.36. The number of rotatable bonds is 2. The molecule has 0 bridgehead atoms. The number of halogens is 3. The normalized spacial score (nSPS) is 11.2. The second-order valence-electron chi connectivity index (χ2n) is 4.40. The number of pyridine rings is 1. The monoisotopic (exact) mass is 295 g/mol. The average Bonchev–Trinajstić information content (AvgIpc) is 2.37. The van der Waals surface area contributed by atoms with E-state index in [0.717, 1.165) is 12.1 Å². The summed E-state index contributed by atoms with van der Waals surface area (Å²) in [5, 5.41) is 2.49. The molecule has 4 nitrogen and oxygen atoms in total. The molecule has 0 unspecified atom stereocenters. The Balaban J connectivity index is 2.32. The second-order valence-corrected chi connectivity index (χ2v) is 4.40. The van der Waals surface area contributed by atoms with Crippen LogP contribution in [0, 0.1) is 6.92 Å². The van der Waals surface area contributed by atoms with Crippen molar-refractivity contribution >= 4 is 17.3 Å². The number of anilines is 2. The number of carbonyl (C=O) groups excluding carboxylic acids is 1. The second kappa shape index (κ2) is 5.43.